The van der Waals surface area contributed by atoms with Gasteiger partial charge < -0.3 is 14.5 Å². The summed E-state index contributed by atoms with van der Waals surface area (Å²) in [5.74, 6) is -2.91. The van der Waals surface area contributed by atoms with Crippen LogP contribution in [0.25, 0.3) is 0 Å². The van der Waals surface area contributed by atoms with Crippen molar-refractivity contribution in [2.45, 2.75) is 59.4 Å². The van der Waals surface area contributed by atoms with E-state index in [1.807, 2.05) is 40.8 Å². The first-order valence-electron chi connectivity index (χ1n) is 10.0. The molecular formula is C20H28N3O8Si. The van der Waals surface area contributed by atoms with Gasteiger partial charge in [0.15, 0.2) is 0 Å². The quantitative estimate of drug-likeness (QED) is 0.153. The van der Waals surface area contributed by atoms with Gasteiger partial charge in [0.1, 0.15) is 0 Å². The molecule has 0 aliphatic carbocycles. The second-order valence-electron chi connectivity index (χ2n) is 9.26. The van der Waals surface area contributed by atoms with Crippen molar-refractivity contribution in [2.24, 2.45) is 17.3 Å². The molecule has 1 saturated heterocycles. The second-order valence-corrected chi connectivity index (χ2v) is 11.3. The molecular weight excluding hydrogens is 438 g/mol. The second kappa shape index (κ2) is 8.94. The number of nitro benzene ring substituents is 2. The van der Waals surface area contributed by atoms with E-state index < -0.39 is 70.9 Å². The summed E-state index contributed by atoms with van der Waals surface area (Å²) in [7, 11) is -1.19. The van der Waals surface area contributed by atoms with Crippen LogP contribution in [0, 0.1) is 37.5 Å². The van der Waals surface area contributed by atoms with E-state index in [2.05, 4.69) is 5.32 Å². The van der Waals surface area contributed by atoms with Crippen molar-refractivity contribution in [2.75, 3.05) is 0 Å². The molecule has 1 N–H and O–H groups in total. The summed E-state index contributed by atoms with van der Waals surface area (Å²) < 4.78 is 11.5. The first-order chi connectivity index (χ1) is 14.6. The number of rotatable bonds is 8. The third-order valence-electron chi connectivity index (χ3n) is 5.92. The Kier molecular flexibility index (Phi) is 7.10. The molecule has 0 unspecified atom stereocenters. The number of esters is 1. The lowest BCUT2D eigenvalue weighted by Crippen LogP contribution is -2.72. The fourth-order valence-corrected chi connectivity index (χ4v) is 5.00. The predicted octanol–water partition coefficient (Wildman–Crippen LogP) is 3.23. The Morgan fingerprint density at radius 1 is 1.16 bits per heavy atom. The van der Waals surface area contributed by atoms with Crippen molar-refractivity contribution in [3.8, 4) is 5.75 Å². The number of nitro groups is 2. The zero-order chi connectivity index (χ0) is 24.6. The number of non-ortho nitro benzene ring substituents is 1. The number of ether oxygens (including phenoxy) is 1. The number of nitrogens with one attached hydrogen (secondary N) is 1. The highest BCUT2D eigenvalue weighted by Gasteiger charge is 2.59. The molecule has 12 heteroatoms. The molecule has 11 nitrogen and oxygen atoms in total. The Hall–Kier alpha value is -2.86. The molecule has 32 heavy (non-hydrogen) atoms. The fourth-order valence-electron chi connectivity index (χ4n) is 3.71. The van der Waals surface area contributed by atoms with E-state index in [-0.39, 0.29) is 5.91 Å². The van der Waals surface area contributed by atoms with Gasteiger partial charge in [0.25, 0.3) is 5.69 Å². The van der Waals surface area contributed by atoms with Crippen LogP contribution in [0.1, 0.15) is 34.6 Å². The first-order valence-corrected chi connectivity index (χ1v) is 12.4. The summed E-state index contributed by atoms with van der Waals surface area (Å²) in [6.07, 6.45) is 0. The fraction of sp³-hybridized carbons (Fsp3) is 0.600. The minimum Gasteiger partial charge on any atom is -0.419 e. The molecule has 2 rings (SSSR count). The van der Waals surface area contributed by atoms with Crippen LogP contribution in [0.2, 0.25) is 13.1 Å². The number of carbonyl (C=O) groups excluding carboxylic acids is 2. The average Bonchev–Trinajstić information content (AvgIpc) is 2.63. The van der Waals surface area contributed by atoms with Crippen molar-refractivity contribution in [1.82, 2.24) is 5.32 Å². The number of carbonyl (C=O) groups is 2. The number of amides is 1. The molecule has 1 aliphatic rings. The summed E-state index contributed by atoms with van der Waals surface area (Å²) >= 11 is 0. The van der Waals surface area contributed by atoms with Crippen LogP contribution in [0.3, 0.4) is 0 Å². The standard InChI is InChI=1S/C20H28N3O8Si/c1-11(16-15(17(24)21-16)20(5,19(2,3)4)31-32(6)7)18(25)30-14-9-8-12(22(26)27)10-13(14)23(28)29/h8-11,15-16H,1-7H3,(H,21,24)/t11-,15-,16-,20-/m1/s1. The minimum atomic E-state index is -1.19. The lowest BCUT2D eigenvalue weighted by molar-refractivity contribution is -0.394. The van der Waals surface area contributed by atoms with Gasteiger partial charge in [-0.1, -0.05) is 20.8 Å². The Labute approximate surface area is 187 Å². The highest BCUT2D eigenvalue weighted by Crippen LogP contribution is 2.46. The van der Waals surface area contributed by atoms with E-state index in [9.17, 15) is 29.8 Å². The van der Waals surface area contributed by atoms with Gasteiger partial charge in [-0.25, -0.2) is 0 Å². The zero-order valence-electron chi connectivity index (χ0n) is 19.1. The molecule has 1 heterocycles. The number of benzene rings is 1. The van der Waals surface area contributed by atoms with Crippen LogP contribution in [-0.2, 0) is 14.0 Å². The van der Waals surface area contributed by atoms with Gasteiger partial charge in [0.05, 0.1) is 39.4 Å². The molecule has 0 aromatic heterocycles. The Balaban J connectivity index is 2.30. The smallest absolute Gasteiger partial charge is 0.318 e. The Morgan fingerprint density at radius 2 is 1.75 bits per heavy atom. The summed E-state index contributed by atoms with van der Waals surface area (Å²) in [6, 6.07) is 2.17. The average molecular weight is 467 g/mol. The third-order valence-corrected chi connectivity index (χ3v) is 6.75. The van der Waals surface area contributed by atoms with E-state index in [1.165, 1.54) is 0 Å². The number of β-lactam (4-membered cyclic amide) rings is 1. The van der Waals surface area contributed by atoms with Crippen LogP contribution >= 0.6 is 0 Å². The van der Waals surface area contributed by atoms with Crippen LogP contribution in [-0.4, -0.2) is 42.4 Å². The van der Waals surface area contributed by atoms with Gasteiger partial charge in [-0.3, -0.25) is 29.8 Å². The van der Waals surface area contributed by atoms with Crippen LogP contribution < -0.4 is 10.1 Å². The monoisotopic (exact) mass is 466 g/mol. The van der Waals surface area contributed by atoms with Gasteiger partial charge in [-0.15, -0.1) is 0 Å². The molecule has 1 radical (unpaired) electrons. The lowest BCUT2D eigenvalue weighted by Gasteiger charge is -2.55. The van der Waals surface area contributed by atoms with Crippen molar-refractivity contribution in [3.05, 3.63) is 38.4 Å². The minimum absolute atomic E-state index is 0.239. The van der Waals surface area contributed by atoms with Crippen LogP contribution in [0.4, 0.5) is 11.4 Å². The van der Waals surface area contributed by atoms with Crippen LogP contribution in [0.15, 0.2) is 18.2 Å². The van der Waals surface area contributed by atoms with Crippen molar-refractivity contribution < 1.29 is 28.6 Å². The largest absolute Gasteiger partial charge is 0.419 e. The van der Waals surface area contributed by atoms with E-state index in [0.29, 0.717) is 0 Å². The van der Waals surface area contributed by atoms with Gasteiger partial charge in [-0.2, -0.15) is 0 Å². The molecule has 0 saturated carbocycles. The third kappa shape index (κ3) is 4.80. The number of hydrogen-bond donors (Lipinski definition) is 1. The maximum absolute atomic E-state index is 12.8. The van der Waals surface area contributed by atoms with Crippen molar-refractivity contribution in [1.29, 1.82) is 0 Å². The Morgan fingerprint density at radius 3 is 2.19 bits per heavy atom. The van der Waals surface area contributed by atoms with Crippen LogP contribution in [0.5, 0.6) is 5.75 Å². The Bertz CT molecular complexity index is 945. The van der Waals surface area contributed by atoms with E-state index >= 15 is 0 Å². The summed E-state index contributed by atoms with van der Waals surface area (Å²) in [4.78, 5) is 46.0. The topological polar surface area (TPSA) is 151 Å². The first kappa shape index (κ1) is 25.4. The SMILES string of the molecule is C[C@@H](C(=O)Oc1ccc([N+](=O)[O-])cc1[N+](=O)[O-])[C@H]1NC(=O)[C@@H]1[C@@](C)(O[Si](C)C)C(C)(C)C. The van der Waals surface area contributed by atoms with Gasteiger partial charge in [0.2, 0.25) is 20.7 Å². The summed E-state index contributed by atoms with van der Waals surface area (Å²) in [6.45, 7) is 13.2. The number of nitrogens with zero attached hydrogens (tertiary/aromatic N) is 2. The van der Waals surface area contributed by atoms with E-state index in [1.54, 1.807) is 6.92 Å². The van der Waals surface area contributed by atoms with E-state index in [0.717, 1.165) is 18.2 Å². The highest BCUT2D eigenvalue weighted by molar-refractivity contribution is 6.48. The predicted molar refractivity (Wildman–Crippen MR) is 116 cm³/mol. The van der Waals surface area contributed by atoms with Crippen molar-refractivity contribution in [3.63, 3.8) is 0 Å². The maximum atomic E-state index is 12.8. The normalized spacial score (nSPS) is 21.2. The molecule has 175 valence electrons. The zero-order valence-corrected chi connectivity index (χ0v) is 20.1. The molecule has 1 amide bonds. The van der Waals surface area contributed by atoms with Gasteiger partial charge in [-0.05, 0) is 38.4 Å². The highest BCUT2D eigenvalue weighted by atomic mass is 28.3. The molecule has 1 aromatic carbocycles. The molecule has 4 atom stereocenters. The molecule has 0 spiro atoms. The molecule has 1 aromatic rings. The van der Waals surface area contributed by atoms with Gasteiger partial charge in [0, 0.05) is 6.07 Å². The number of hydrogen-bond acceptors (Lipinski definition) is 8. The molecule has 1 aliphatic heterocycles. The molecule has 1 fully saturated rings. The van der Waals surface area contributed by atoms with Crippen molar-refractivity contribution >= 4 is 32.3 Å². The van der Waals surface area contributed by atoms with E-state index in [4.69, 9.17) is 9.16 Å². The lowest BCUT2D eigenvalue weighted by atomic mass is 9.62. The molecule has 0 bridgehead atoms. The summed E-state index contributed by atoms with van der Waals surface area (Å²) in [5.41, 5.74) is -2.46. The summed E-state index contributed by atoms with van der Waals surface area (Å²) in [5, 5.41) is 24.9. The maximum Gasteiger partial charge on any atom is 0.318 e. The van der Waals surface area contributed by atoms with Gasteiger partial charge >= 0.3 is 11.7 Å².